The topological polar surface area (TPSA) is 46.5 Å². The molecule has 0 heterocycles. The van der Waals surface area contributed by atoms with E-state index in [-0.39, 0.29) is 16.3 Å². The van der Waals surface area contributed by atoms with Crippen LogP contribution in [-0.4, -0.2) is 18.2 Å². The number of hydrogen-bond donors (Lipinski definition) is 1. The van der Waals surface area contributed by atoms with Crippen molar-refractivity contribution in [1.82, 2.24) is 0 Å². The van der Waals surface area contributed by atoms with E-state index in [2.05, 4.69) is 0 Å². The summed E-state index contributed by atoms with van der Waals surface area (Å²) in [5.41, 5.74) is -0.0301. The highest BCUT2D eigenvalue weighted by Crippen LogP contribution is 2.35. The average Bonchev–Trinajstić information content (AvgIpc) is 2.19. The molecule has 0 radical (unpaired) electrons. The predicted octanol–water partition coefficient (Wildman–Crippen LogP) is 2.68. The van der Waals surface area contributed by atoms with Crippen molar-refractivity contribution < 1.29 is 19.0 Å². The molecule has 1 aromatic rings. The number of hydrogen-bond acceptors (Lipinski definition) is 2. The first-order valence-electron chi connectivity index (χ1n) is 4.23. The molecule has 15 heavy (non-hydrogen) atoms. The zero-order valence-corrected chi connectivity index (χ0v) is 9.01. The Kier molecular flexibility index (Phi) is 3.52. The van der Waals surface area contributed by atoms with Gasteiger partial charge < -0.3 is 9.84 Å². The summed E-state index contributed by atoms with van der Waals surface area (Å²) in [5.74, 6) is -2.69. The molecule has 0 fully saturated rings. The van der Waals surface area contributed by atoms with Gasteiger partial charge in [0.15, 0.2) is 0 Å². The molecule has 0 saturated heterocycles. The highest BCUT2D eigenvalue weighted by Gasteiger charge is 2.24. The predicted molar refractivity (Wildman–Crippen MR) is 54.0 cm³/mol. The van der Waals surface area contributed by atoms with E-state index in [1.54, 1.807) is 0 Å². The molecule has 0 saturated carbocycles. The summed E-state index contributed by atoms with van der Waals surface area (Å²) in [5, 5.41) is 9.00. The molecule has 0 spiro atoms. The number of benzene rings is 1. The van der Waals surface area contributed by atoms with E-state index in [4.69, 9.17) is 21.4 Å². The first kappa shape index (κ1) is 11.8. The van der Waals surface area contributed by atoms with Gasteiger partial charge in [0.05, 0.1) is 18.1 Å². The summed E-state index contributed by atoms with van der Waals surface area (Å²) >= 11 is 5.77. The van der Waals surface area contributed by atoms with Crippen molar-refractivity contribution in [3.8, 4) is 5.75 Å². The molecular formula is C10H10ClFO3. The average molecular weight is 233 g/mol. The quantitative estimate of drug-likeness (QED) is 0.872. The van der Waals surface area contributed by atoms with Gasteiger partial charge in [-0.25, -0.2) is 4.39 Å². The van der Waals surface area contributed by atoms with E-state index in [0.29, 0.717) is 0 Å². The van der Waals surface area contributed by atoms with Crippen molar-refractivity contribution in [2.45, 2.75) is 12.8 Å². The smallest absolute Gasteiger partial charge is 0.310 e. The molecule has 0 amide bonds. The monoisotopic (exact) mass is 232 g/mol. The number of aliphatic carboxylic acids is 1. The lowest BCUT2D eigenvalue weighted by Gasteiger charge is -2.14. The minimum absolute atomic E-state index is 0.0301. The molecule has 0 aromatic heterocycles. The second-order valence-corrected chi connectivity index (χ2v) is 3.44. The Morgan fingerprint density at radius 2 is 2.20 bits per heavy atom. The standard InChI is InChI=1S/C10H10ClFO3/c1-5(10(13)14)8-7(12)4-3-6(11)9(8)15-2/h3-5H,1-2H3,(H,13,14). The Morgan fingerprint density at radius 1 is 1.60 bits per heavy atom. The van der Waals surface area contributed by atoms with Crippen molar-refractivity contribution >= 4 is 17.6 Å². The molecule has 0 aliphatic rings. The summed E-state index contributed by atoms with van der Waals surface area (Å²) < 4.78 is 18.3. The van der Waals surface area contributed by atoms with Gasteiger partial charge in [-0.3, -0.25) is 4.79 Å². The van der Waals surface area contributed by atoms with Crippen molar-refractivity contribution in [2.24, 2.45) is 0 Å². The van der Waals surface area contributed by atoms with Gasteiger partial charge in [-0.15, -0.1) is 0 Å². The lowest BCUT2D eigenvalue weighted by atomic mass is 9.99. The molecule has 1 unspecified atom stereocenters. The number of carbonyl (C=O) groups is 1. The summed E-state index contributed by atoms with van der Waals surface area (Å²) in [6, 6.07) is 2.45. The van der Waals surface area contributed by atoms with Crippen LogP contribution in [0, 0.1) is 5.82 Å². The van der Waals surface area contributed by atoms with Crippen LogP contribution in [0.25, 0.3) is 0 Å². The van der Waals surface area contributed by atoms with E-state index in [1.807, 2.05) is 0 Å². The fraction of sp³-hybridized carbons (Fsp3) is 0.300. The maximum absolute atomic E-state index is 13.4. The molecule has 0 bridgehead atoms. The van der Waals surface area contributed by atoms with E-state index in [1.165, 1.54) is 20.1 Å². The highest BCUT2D eigenvalue weighted by atomic mass is 35.5. The van der Waals surface area contributed by atoms with Crippen LogP contribution in [0.15, 0.2) is 12.1 Å². The van der Waals surface area contributed by atoms with Gasteiger partial charge in [0, 0.05) is 5.56 Å². The minimum atomic E-state index is -1.13. The SMILES string of the molecule is COc1c(Cl)ccc(F)c1C(C)C(=O)O. The number of methoxy groups -OCH3 is 1. The molecule has 1 atom stereocenters. The number of halogens is 2. The lowest BCUT2D eigenvalue weighted by Crippen LogP contribution is -2.11. The van der Waals surface area contributed by atoms with Crippen LogP contribution in [0.1, 0.15) is 18.4 Å². The van der Waals surface area contributed by atoms with Crippen molar-refractivity contribution in [1.29, 1.82) is 0 Å². The maximum atomic E-state index is 13.4. The van der Waals surface area contributed by atoms with Gasteiger partial charge in [-0.2, -0.15) is 0 Å². The number of carboxylic acid groups (broad SMARTS) is 1. The molecule has 1 aromatic carbocycles. The zero-order valence-electron chi connectivity index (χ0n) is 8.25. The van der Waals surface area contributed by atoms with Crippen LogP contribution in [0.2, 0.25) is 5.02 Å². The third kappa shape index (κ3) is 2.21. The van der Waals surface area contributed by atoms with Crippen LogP contribution in [0.3, 0.4) is 0 Å². The molecule has 5 heteroatoms. The summed E-state index contributed by atoms with van der Waals surface area (Å²) in [4.78, 5) is 10.8. The Hall–Kier alpha value is -1.29. The Morgan fingerprint density at radius 3 is 2.67 bits per heavy atom. The second-order valence-electron chi connectivity index (χ2n) is 3.04. The van der Waals surface area contributed by atoms with Crippen LogP contribution in [-0.2, 0) is 4.79 Å². The van der Waals surface area contributed by atoms with Crippen LogP contribution >= 0.6 is 11.6 Å². The van der Waals surface area contributed by atoms with Crippen LogP contribution < -0.4 is 4.74 Å². The number of rotatable bonds is 3. The van der Waals surface area contributed by atoms with Crippen molar-refractivity contribution in [3.63, 3.8) is 0 Å². The normalized spacial score (nSPS) is 12.3. The molecule has 0 aliphatic carbocycles. The molecule has 1 N–H and O–H groups in total. The number of carboxylic acids is 1. The third-order valence-corrected chi connectivity index (χ3v) is 2.40. The van der Waals surface area contributed by atoms with E-state index >= 15 is 0 Å². The van der Waals surface area contributed by atoms with Gasteiger partial charge >= 0.3 is 5.97 Å². The zero-order chi connectivity index (χ0) is 11.6. The van der Waals surface area contributed by atoms with Crippen LogP contribution in [0.4, 0.5) is 4.39 Å². The maximum Gasteiger partial charge on any atom is 0.310 e. The highest BCUT2D eigenvalue weighted by molar-refractivity contribution is 6.32. The van der Waals surface area contributed by atoms with Gasteiger partial charge in [-0.1, -0.05) is 11.6 Å². The first-order chi connectivity index (χ1) is 6.99. The molecular weight excluding hydrogens is 223 g/mol. The Balaban J connectivity index is 3.37. The van der Waals surface area contributed by atoms with Crippen molar-refractivity contribution in [3.05, 3.63) is 28.5 Å². The van der Waals surface area contributed by atoms with E-state index in [0.717, 1.165) is 6.07 Å². The molecule has 3 nitrogen and oxygen atoms in total. The fourth-order valence-electron chi connectivity index (χ4n) is 1.28. The Labute approximate surface area is 91.4 Å². The minimum Gasteiger partial charge on any atom is -0.495 e. The second kappa shape index (κ2) is 4.49. The number of ether oxygens (including phenoxy) is 1. The van der Waals surface area contributed by atoms with Gasteiger partial charge in [-0.05, 0) is 19.1 Å². The molecule has 82 valence electrons. The third-order valence-electron chi connectivity index (χ3n) is 2.10. The van der Waals surface area contributed by atoms with Gasteiger partial charge in [0.1, 0.15) is 11.6 Å². The summed E-state index contributed by atoms with van der Waals surface area (Å²) in [6.45, 7) is 1.37. The first-order valence-corrected chi connectivity index (χ1v) is 4.61. The van der Waals surface area contributed by atoms with Gasteiger partial charge in [0.2, 0.25) is 0 Å². The van der Waals surface area contributed by atoms with E-state index < -0.39 is 17.7 Å². The molecule has 1 rings (SSSR count). The largest absolute Gasteiger partial charge is 0.495 e. The van der Waals surface area contributed by atoms with Crippen molar-refractivity contribution in [2.75, 3.05) is 7.11 Å². The summed E-state index contributed by atoms with van der Waals surface area (Å²) in [6.07, 6.45) is 0. The van der Waals surface area contributed by atoms with E-state index in [9.17, 15) is 9.18 Å². The fourth-order valence-corrected chi connectivity index (χ4v) is 1.53. The molecule has 0 aliphatic heterocycles. The summed E-state index contributed by atoms with van der Waals surface area (Å²) in [7, 11) is 1.32. The lowest BCUT2D eigenvalue weighted by molar-refractivity contribution is -0.138. The van der Waals surface area contributed by atoms with Gasteiger partial charge in [0.25, 0.3) is 0 Å². The Bertz CT molecular complexity index is 392. The van der Waals surface area contributed by atoms with Crippen LogP contribution in [0.5, 0.6) is 5.75 Å².